The Hall–Kier alpha value is -5.03. The van der Waals surface area contributed by atoms with Gasteiger partial charge >= 0.3 is 0 Å². The van der Waals surface area contributed by atoms with Gasteiger partial charge in [0.2, 0.25) is 0 Å². The van der Waals surface area contributed by atoms with Crippen molar-refractivity contribution in [3.8, 4) is 11.5 Å². The first-order valence-electron chi connectivity index (χ1n) is 22.0. The summed E-state index contributed by atoms with van der Waals surface area (Å²) >= 11 is 6.43. The molecular formula is C46H56ClN8O7S+. The van der Waals surface area contributed by atoms with Gasteiger partial charge in [0.1, 0.15) is 22.8 Å². The highest BCUT2D eigenvalue weighted by atomic mass is 35.5. The minimum Gasteiger partial charge on any atom is -0.455 e. The monoisotopic (exact) mass is 899 g/mol. The highest BCUT2D eigenvalue weighted by Crippen LogP contribution is 2.48. The number of fused-ring (bicyclic) bond motifs is 1. The Kier molecular flexibility index (Phi) is 12.0. The molecule has 3 N–H and O–H groups in total. The van der Waals surface area contributed by atoms with E-state index in [1.165, 1.54) is 24.8 Å². The van der Waals surface area contributed by atoms with Crippen LogP contribution >= 0.6 is 11.6 Å². The minimum atomic E-state index is -4.56. The molecule has 2 aromatic heterocycles. The largest absolute Gasteiger partial charge is 0.455 e. The van der Waals surface area contributed by atoms with E-state index in [2.05, 4.69) is 54.4 Å². The average Bonchev–Trinajstić information content (AvgIpc) is 3.71. The lowest BCUT2D eigenvalue weighted by atomic mass is 9.66. The summed E-state index contributed by atoms with van der Waals surface area (Å²) in [6.45, 7) is 12.5. The third-order valence-corrected chi connectivity index (χ3v) is 15.4. The molecular weight excluding hydrogens is 844 g/mol. The molecule has 0 bridgehead atoms. The van der Waals surface area contributed by atoms with Gasteiger partial charge in [0.25, 0.3) is 21.6 Å². The molecule has 2 aliphatic carbocycles. The maximum atomic E-state index is 13.9. The molecule has 2 saturated heterocycles. The van der Waals surface area contributed by atoms with Crippen LogP contribution in [0.5, 0.6) is 11.5 Å². The van der Waals surface area contributed by atoms with Crippen LogP contribution in [0.4, 0.5) is 17.1 Å². The lowest BCUT2D eigenvalue weighted by Gasteiger charge is -2.52. The number of anilines is 2. The van der Waals surface area contributed by atoms with Crippen LogP contribution in [-0.4, -0.2) is 116 Å². The normalized spacial score (nSPS) is 22.3. The van der Waals surface area contributed by atoms with Crippen molar-refractivity contribution in [1.82, 2.24) is 19.6 Å². The fourth-order valence-electron chi connectivity index (χ4n) is 9.92. The maximum Gasteiger partial charge on any atom is 0.293 e. The number of ether oxygens (including phenoxy) is 2. The molecule has 334 valence electrons. The number of halogens is 1. The summed E-state index contributed by atoms with van der Waals surface area (Å²) in [5.74, 6) is 0.137. The Balaban J connectivity index is 0.903. The molecule has 4 aromatic rings. The number of hydrogen-bond acceptors (Lipinski definition) is 11. The molecule has 9 rings (SSSR count). The quantitative estimate of drug-likeness (QED) is 0.0380. The van der Waals surface area contributed by atoms with Crippen LogP contribution in [0.3, 0.4) is 0 Å². The van der Waals surface area contributed by atoms with Gasteiger partial charge in [-0.3, -0.25) is 14.9 Å². The number of nitro groups is 1. The predicted molar refractivity (Wildman–Crippen MR) is 243 cm³/mol. The number of amides is 1. The summed E-state index contributed by atoms with van der Waals surface area (Å²) in [5.41, 5.74) is 5.02. The number of carbonyl (C=O) groups is 1. The zero-order chi connectivity index (χ0) is 43.9. The number of aromatic amines is 1. The van der Waals surface area contributed by atoms with E-state index in [0.717, 1.165) is 102 Å². The van der Waals surface area contributed by atoms with E-state index < -0.39 is 31.4 Å². The van der Waals surface area contributed by atoms with E-state index in [-0.39, 0.29) is 22.4 Å². The SMILES string of the molecule is CC1(C)CCC(C[N+]2=CCN(c3ccc(C(=O)NS(=O)(=O)c4ccc(NCCN5CC6(CCOCC6)C5)c([N+](=O)[O-])c4)c(Oc4cnc5[nH]ccc5c4)c3)CC2)=C(C2CC(Cl)C2)C1. The van der Waals surface area contributed by atoms with Crippen molar-refractivity contribution >= 4 is 61.8 Å². The van der Waals surface area contributed by atoms with Crippen LogP contribution in [0.2, 0.25) is 0 Å². The van der Waals surface area contributed by atoms with E-state index in [4.69, 9.17) is 21.1 Å². The Labute approximate surface area is 373 Å². The van der Waals surface area contributed by atoms with Crippen molar-refractivity contribution in [1.29, 1.82) is 0 Å². The van der Waals surface area contributed by atoms with Crippen LogP contribution in [-0.2, 0) is 14.8 Å². The molecule has 0 unspecified atom stereocenters. The second-order valence-electron chi connectivity index (χ2n) is 18.8. The first-order valence-corrected chi connectivity index (χ1v) is 24.0. The van der Waals surface area contributed by atoms with Gasteiger partial charge in [-0.05, 0) is 98.2 Å². The molecule has 5 heterocycles. The molecule has 0 radical (unpaired) electrons. The van der Waals surface area contributed by atoms with Crippen molar-refractivity contribution in [2.45, 2.75) is 69.1 Å². The standard InChI is InChI=1S/C46H55ClN8O7S/c1-45(2)9-7-32(39(26-45)33-21-34(47)22-33)28-52-15-17-54(18-16-52)35-3-5-38(42(24-35)62-36-23-31-8-12-49-43(31)50-27-36)44(56)51-63(59,60)37-4-6-40(41(25-37)55(57)58)48-13-14-53-29-46(30-53)10-19-61-20-11-46/h3-6,8,12,15,23-25,27,33-34,48H,7,9-11,13-14,16-22,26,28-30H2,1-2H3,(H-,49,50,51,56)/p+1. The Morgan fingerprint density at radius 2 is 1.92 bits per heavy atom. The highest BCUT2D eigenvalue weighted by molar-refractivity contribution is 7.90. The zero-order valence-electron chi connectivity index (χ0n) is 35.9. The van der Waals surface area contributed by atoms with Crippen molar-refractivity contribution in [3.05, 3.63) is 87.7 Å². The number of sulfonamides is 1. The topological polar surface area (TPSA) is 175 Å². The van der Waals surface area contributed by atoms with Crippen LogP contribution in [0.15, 0.2) is 77.0 Å². The van der Waals surface area contributed by atoms with Gasteiger partial charge in [-0.1, -0.05) is 19.4 Å². The maximum absolute atomic E-state index is 13.9. The van der Waals surface area contributed by atoms with Crippen LogP contribution in [0, 0.1) is 26.9 Å². The second kappa shape index (κ2) is 17.5. The summed E-state index contributed by atoms with van der Waals surface area (Å²) in [6, 6.07) is 12.3. The molecule has 1 spiro atoms. The van der Waals surface area contributed by atoms with Crippen molar-refractivity contribution in [2.24, 2.45) is 16.7 Å². The molecule has 0 atom stereocenters. The van der Waals surface area contributed by atoms with Gasteiger partial charge in [-0.25, -0.2) is 22.7 Å². The van der Waals surface area contributed by atoms with Gasteiger partial charge in [0.05, 0.1) is 34.7 Å². The number of rotatable bonds is 14. The van der Waals surface area contributed by atoms with Crippen LogP contribution < -0.4 is 19.7 Å². The highest BCUT2D eigenvalue weighted by Gasteiger charge is 2.43. The molecule has 2 aromatic carbocycles. The number of nitrogens with zero attached hydrogens (tertiary/aromatic N) is 5. The molecule has 3 fully saturated rings. The van der Waals surface area contributed by atoms with Gasteiger partial charge in [0, 0.05) is 79.6 Å². The van der Waals surface area contributed by atoms with E-state index in [0.29, 0.717) is 47.8 Å². The van der Waals surface area contributed by atoms with Crippen molar-refractivity contribution in [2.75, 3.05) is 75.8 Å². The first kappa shape index (κ1) is 43.2. The van der Waals surface area contributed by atoms with Crippen LogP contribution in [0.1, 0.15) is 69.2 Å². The van der Waals surface area contributed by atoms with E-state index in [1.807, 2.05) is 6.07 Å². The van der Waals surface area contributed by atoms with Gasteiger partial charge < -0.3 is 29.6 Å². The fourth-order valence-corrected chi connectivity index (χ4v) is 11.3. The smallest absolute Gasteiger partial charge is 0.293 e. The van der Waals surface area contributed by atoms with E-state index >= 15 is 0 Å². The second-order valence-corrected chi connectivity index (χ2v) is 21.1. The average molecular weight is 901 g/mol. The number of benzene rings is 2. The van der Waals surface area contributed by atoms with E-state index in [1.54, 1.807) is 41.6 Å². The lowest BCUT2D eigenvalue weighted by molar-refractivity contribution is -0.516. The minimum absolute atomic E-state index is 0.0321. The third kappa shape index (κ3) is 9.59. The molecule has 1 saturated carbocycles. The number of carbonyl (C=O) groups excluding carboxylic acids is 1. The van der Waals surface area contributed by atoms with Gasteiger partial charge in [0.15, 0.2) is 19.3 Å². The lowest BCUT2D eigenvalue weighted by Crippen LogP contribution is -2.59. The van der Waals surface area contributed by atoms with Gasteiger partial charge in [-0.2, -0.15) is 0 Å². The summed E-state index contributed by atoms with van der Waals surface area (Å²) in [5, 5.41) is 16.4. The third-order valence-electron chi connectivity index (χ3n) is 13.7. The van der Waals surface area contributed by atoms with Crippen molar-refractivity contribution in [3.63, 3.8) is 0 Å². The van der Waals surface area contributed by atoms with Crippen molar-refractivity contribution < 1.29 is 32.2 Å². The summed E-state index contributed by atoms with van der Waals surface area (Å²) < 4.78 is 43.8. The molecule has 1 amide bonds. The Bertz CT molecular complexity index is 2570. The summed E-state index contributed by atoms with van der Waals surface area (Å²) in [4.78, 5) is 37.0. The number of pyridine rings is 1. The molecule has 15 nitrogen and oxygen atoms in total. The van der Waals surface area contributed by atoms with Gasteiger partial charge in [-0.15, -0.1) is 11.6 Å². The number of aromatic nitrogens is 2. The zero-order valence-corrected chi connectivity index (χ0v) is 37.5. The number of allylic oxidation sites excluding steroid dienone is 1. The molecule has 63 heavy (non-hydrogen) atoms. The summed E-state index contributed by atoms with van der Waals surface area (Å²) in [7, 11) is -4.56. The fraction of sp³-hybridized carbons (Fsp3) is 0.500. The number of nitrogens with one attached hydrogen (secondary N) is 3. The summed E-state index contributed by atoms with van der Waals surface area (Å²) in [6.07, 6.45) is 13.2. The molecule has 3 aliphatic heterocycles. The van der Waals surface area contributed by atoms with Crippen LogP contribution in [0.25, 0.3) is 11.0 Å². The number of hydrogen-bond donors (Lipinski definition) is 3. The number of H-pyrrole nitrogens is 1. The number of alkyl halides is 1. The van der Waals surface area contributed by atoms with E-state index in [9.17, 15) is 23.3 Å². The number of nitro benzene ring substituents is 1. The Morgan fingerprint density at radius 3 is 2.67 bits per heavy atom. The Morgan fingerprint density at radius 1 is 1.11 bits per heavy atom. The molecule has 17 heteroatoms. The first-order chi connectivity index (χ1) is 30.2. The number of likely N-dealkylation sites (tertiary alicyclic amines) is 1. The predicted octanol–water partition coefficient (Wildman–Crippen LogP) is 7.33. The molecule has 5 aliphatic rings.